The number of nitrogens with zero attached hydrogens (tertiary/aromatic N) is 2. The van der Waals surface area contributed by atoms with E-state index in [0.717, 1.165) is 42.6 Å². The summed E-state index contributed by atoms with van der Waals surface area (Å²) in [6.45, 7) is 0.381. The van der Waals surface area contributed by atoms with Crippen LogP contribution in [0.5, 0.6) is 0 Å². The number of benzene rings is 1. The predicted molar refractivity (Wildman–Crippen MR) is 93.7 cm³/mol. The van der Waals surface area contributed by atoms with Crippen LogP contribution in [0.2, 0.25) is 0 Å². The van der Waals surface area contributed by atoms with Crippen LogP contribution >= 0.6 is 0 Å². The van der Waals surface area contributed by atoms with Crippen LogP contribution in [0.25, 0.3) is 5.69 Å². The molecular weight excluding hydrogens is 337 g/mol. The van der Waals surface area contributed by atoms with Crippen molar-refractivity contribution in [3.63, 3.8) is 0 Å². The van der Waals surface area contributed by atoms with Crippen LogP contribution in [0.15, 0.2) is 24.3 Å². The zero-order valence-corrected chi connectivity index (χ0v) is 14.8. The first-order chi connectivity index (χ1) is 12.6. The van der Waals surface area contributed by atoms with Crippen molar-refractivity contribution < 1.29 is 18.7 Å². The Balaban J connectivity index is 1.78. The lowest BCUT2D eigenvalue weighted by molar-refractivity contribution is -0.140. The third-order valence-electron chi connectivity index (χ3n) is 4.54. The van der Waals surface area contributed by atoms with Crippen molar-refractivity contribution in [2.75, 3.05) is 13.7 Å². The van der Waals surface area contributed by atoms with Crippen LogP contribution in [0.4, 0.5) is 4.39 Å². The second-order valence-electron chi connectivity index (χ2n) is 6.30. The number of fused-ring (bicyclic) bond motifs is 1. The molecule has 0 fully saturated rings. The number of carbonyl (C=O) groups excluding carboxylic acids is 2. The molecule has 1 amide bonds. The molecule has 0 unspecified atom stereocenters. The summed E-state index contributed by atoms with van der Waals surface area (Å²) in [6.07, 6.45) is 4.49. The van der Waals surface area contributed by atoms with Crippen LogP contribution < -0.4 is 5.32 Å². The Labute approximate surface area is 151 Å². The van der Waals surface area contributed by atoms with Crippen LogP contribution in [0.1, 0.15) is 47.4 Å². The van der Waals surface area contributed by atoms with E-state index in [4.69, 9.17) is 0 Å². The number of aromatic nitrogens is 2. The summed E-state index contributed by atoms with van der Waals surface area (Å²) in [4.78, 5) is 23.7. The molecule has 0 bridgehead atoms. The van der Waals surface area contributed by atoms with E-state index in [-0.39, 0.29) is 24.1 Å². The number of rotatable bonds is 6. The van der Waals surface area contributed by atoms with Crippen LogP contribution in [0.3, 0.4) is 0 Å². The molecule has 26 heavy (non-hydrogen) atoms. The second-order valence-corrected chi connectivity index (χ2v) is 6.30. The second kappa shape index (κ2) is 8.12. The topological polar surface area (TPSA) is 73.2 Å². The molecule has 7 heteroatoms. The highest BCUT2D eigenvalue weighted by Crippen LogP contribution is 2.27. The standard InChI is InChI=1S/C19H22FN3O3/c1-26-17(24)7-4-12-21-19(25)18-15-5-2-3-6-16(15)23(22-18)14-10-8-13(20)9-11-14/h8-11H,2-7,12H2,1H3,(H,21,25). The van der Waals surface area contributed by atoms with E-state index in [2.05, 4.69) is 15.2 Å². The Hall–Kier alpha value is -2.70. The molecule has 1 heterocycles. The molecule has 0 aliphatic heterocycles. The van der Waals surface area contributed by atoms with Gasteiger partial charge in [-0.1, -0.05) is 0 Å². The highest BCUT2D eigenvalue weighted by molar-refractivity contribution is 5.94. The van der Waals surface area contributed by atoms with E-state index in [0.29, 0.717) is 18.7 Å². The Morgan fingerprint density at radius 3 is 2.69 bits per heavy atom. The number of carbonyl (C=O) groups is 2. The highest BCUT2D eigenvalue weighted by Gasteiger charge is 2.25. The number of amides is 1. The van der Waals surface area contributed by atoms with E-state index in [9.17, 15) is 14.0 Å². The van der Waals surface area contributed by atoms with E-state index in [1.807, 2.05) is 0 Å². The summed E-state index contributed by atoms with van der Waals surface area (Å²) in [7, 11) is 1.34. The average molecular weight is 359 g/mol. The monoisotopic (exact) mass is 359 g/mol. The third kappa shape index (κ3) is 3.92. The van der Waals surface area contributed by atoms with Crippen molar-refractivity contribution in [3.8, 4) is 5.69 Å². The molecule has 6 nitrogen and oxygen atoms in total. The van der Waals surface area contributed by atoms with Crippen LogP contribution in [-0.2, 0) is 22.4 Å². The van der Waals surface area contributed by atoms with E-state index >= 15 is 0 Å². The van der Waals surface area contributed by atoms with Crippen LogP contribution in [-0.4, -0.2) is 35.3 Å². The number of methoxy groups -OCH3 is 1. The number of nitrogens with one attached hydrogen (secondary N) is 1. The normalized spacial score (nSPS) is 13.2. The van der Waals surface area contributed by atoms with E-state index < -0.39 is 0 Å². The zero-order chi connectivity index (χ0) is 18.5. The SMILES string of the molecule is COC(=O)CCCNC(=O)c1nn(-c2ccc(F)cc2)c2c1CCCC2. The van der Waals surface area contributed by atoms with Gasteiger partial charge in [0.2, 0.25) is 0 Å². The summed E-state index contributed by atoms with van der Waals surface area (Å²) < 4.78 is 19.5. The number of ether oxygens (including phenoxy) is 1. The Morgan fingerprint density at radius 1 is 1.23 bits per heavy atom. The van der Waals surface area contributed by atoms with Gasteiger partial charge < -0.3 is 10.1 Å². The summed E-state index contributed by atoms with van der Waals surface area (Å²) >= 11 is 0. The molecule has 1 aliphatic carbocycles. The van der Waals surface area contributed by atoms with E-state index in [1.165, 1.54) is 19.2 Å². The van der Waals surface area contributed by atoms with Crippen LogP contribution in [0, 0.1) is 5.82 Å². The Bertz CT molecular complexity index is 799. The van der Waals surface area contributed by atoms with Gasteiger partial charge in [0.25, 0.3) is 5.91 Å². The third-order valence-corrected chi connectivity index (χ3v) is 4.54. The van der Waals surface area contributed by atoms with Crippen molar-refractivity contribution in [3.05, 3.63) is 47.0 Å². The van der Waals surface area contributed by atoms with Gasteiger partial charge in [-0.25, -0.2) is 9.07 Å². The van der Waals surface area contributed by atoms with Gasteiger partial charge in [-0.3, -0.25) is 9.59 Å². The lowest BCUT2D eigenvalue weighted by Crippen LogP contribution is -2.26. The fourth-order valence-corrected chi connectivity index (χ4v) is 3.20. The van der Waals surface area contributed by atoms with Crippen molar-refractivity contribution in [1.29, 1.82) is 0 Å². The summed E-state index contributed by atoms with van der Waals surface area (Å²) in [5.74, 6) is -0.843. The summed E-state index contributed by atoms with van der Waals surface area (Å²) in [5, 5.41) is 7.33. The van der Waals surface area contributed by atoms with Crippen molar-refractivity contribution in [2.24, 2.45) is 0 Å². The molecule has 1 aliphatic rings. The molecule has 0 radical (unpaired) electrons. The fourth-order valence-electron chi connectivity index (χ4n) is 3.20. The van der Waals surface area contributed by atoms with Gasteiger partial charge in [0.15, 0.2) is 5.69 Å². The number of esters is 1. The molecule has 0 saturated heterocycles. The molecule has 0 atom stereocenters. The van der Waals surface area contributed by atoms with Gasteiger partial charge in [-0.2, -0.15) is 5.10 Å². The molecule has 0 saturated carbocycles. The maximum Gasteiger partial charge on any atom is 0.305 e. The molecule has 0 spiro atoms. The van der Waals surface area contributed by atoms with Crippen molar-refractivity contribution in [2.45, 2.75) is 38.5 Å². The fraction of sp³-hybridized carbons (Fsp3) is 0.421. The van der Waals surface area contributed by atoms with Gasteiger partial charge in [-0.05, 0) is 56.4 Å². The zero-order valence-electron chi connectivity index (χ0n) is 14.8. The smallest absolute Gasteiger partial charge is 0.305 e. The van der Waals surface area contributed by atoms with Gasteiger partial charge >= 0.3 is 5.97 Å². The number of hydrogen-bond acceptors (Lipinski definition) is 4. The minimum Gasteiger partial charge on any atom is -0.469 e. The first-order valence-electron chi connectivity index (χ1n) is 8.82. The van der Waals surface area contributed by atoms with Gasteiger partial charge in [0.05, 0.1) is 12.8 Å². The minimum absolute atomic E-state index is 0.242. The largest absolute Gasteiger partial charge is 0.469 e. The molecule has 1 N–H and O–H groups in total. The Kier molecular flexibility index (Phi) is 5.65. The van der Waals surface area contributed by atoms with Gasteiger partial charge in [0.1, 0.15) is 5.82 Å². The lowest BCUT2D eigenvalue weighted by atomic mass is 9.95. The quantitative estimate of drug-likeness (QED) is 0.635. The molecule has 1 aromatic heterocycles. The summed E-state index contributed by atoms with van der Waals surface area (Å²) in [5.41, 5.74) is 3.14. The molecule has 2 aromatic rings. The first-order valence-corrected chi connectivity index (χ1v) is 8.82. The highest BCUT2D eigenvalue weighted by atomic mass is 19.1. The molecule has 138 valence electrons. The number of hydrogen-bond donors (Lipinski definition) is 1. The maximum atomic E-state index is 13.2. The average Bonchev–Trinajstić information content (AvgIpc) is 3.05. The van der Waals surface area contributed by atoms with Gasteiger partial charge in [-0.15, -0.1) is 0 Å². The lowest BCUT2D eigenvalue weighted by Gasteiger charge is -2.14. The number of halogens is 1. The summed E-state index contributed by atoms with van der Waals surface area (Å²) in [6, 6.07) is 6.10. The maximum absolute atomic E-state index is 13.2. The van der Waals surface area contributed by atoms with Gasteiger partial charge in [0, 0.05) is 24.2 Å². The minimum atomic E-state index is -0.307. The molecule has 1 aromatic carbocycles. The van der Waals surface area contributed by atoms with Crippen molar-refractivity contribution in [1.82, 2.24) is 15.1 Å². The first kappa shape index (κ1) is 18.1. The van der Waals surface area contributed by atoms with Crippen molar-refractivity contribution >= 4 is 11.9 Å². The van der Waals surface area contributed by atoms with E-state index in [1.54, 1.807) is 16.8 Å². The predicted octanol–water partition coefficient (Wildman–Crippen LogP) is 2.57. The molecular formula is C19H22FN3O3. The Morgan fingerprint density at radius 2 is 1.96 bits per heavy atom. The molecule has 3 rings (SSSR count).